The fourth-order valence-corrected chi connectivity index (χ4v) is 5.21. The molecule has 1 unspecified atom stereocenters. The molecule has 6 nitrogen and oxygen atoms in total. The van der Waals surface area contributed by atoms with Crippen molar-refractivity contribution in [3.05, 3.63) is 89.8 Å². The number of ether oxygens (including phenoxy) is 1. The fourth-order valence-electron chi connectivity index (χ4n) is 5.21. The smallest absolute Gasteiger partial charge is 0.223 e. The van der Waals surface area contributed by atoms with Crippen molar-refractivity contribution in [1.82, 2.24) is 20.0 Å². The van der Waals surface area contributed by atoms with Gasteiger partial charge in [0.25, 0.3) is 0 Å². The van der Waals surface area contributed by atoms with E-state index in [1.54, 1.807) is 7.11 Å². The number of piperazine rings is 1. The van der Waals surface area contributed by atoms with Crippen LogP contribution in [0.5, 0.6) is 5.75 Å². The van der Waals surface area contributed by atoms with Gasteiger partial charge in [-0.25, -0.2) is 0 Å². The summed E-state index contributed by atoms with van der Waals surface area (Å²) in [6.45, 7) is 10.5. The topological polar surface area (TPSA) is 48.1 Å². The van der Waals surface area contributed by atoms with E-state index in [1.807, 2.05) is 17.0 Å². The van der Waals surface area contributed by atoms with Crippen LogP contribution in [0.3, 0.4) is 0 Å². The van der Waals surface area contributed by atoms with Crippen LogP contribution in [-0.4, -0.2) is 66.6 Å². The Kier molecular flexibility index (Phi) is 7.11. The number of rotatable bonds is 6. The third-order valence-electron chi connectivity index (χ3n) is 7.17. The molecule has 3 aliphatic rings. The highest BCUT2D eigenvalue weighted by molar-refractivity contribution is 5.78. The molecular formula is C31H38N4O2. The van der Waals surface area contributed by atoms with E-state index in [-0.39, 0.29) is 17.5 Å². The van der Waals surface area contributed by atoms with Crippen molar-refractivity contribution in [2.75, 3.05) is 39.8 Å². The van der Waals surface area contributed by atoms with Gasteiger partial charge in [0.15, 0.2) is 0 Å². The van der Waals surface area contributed by atoms with Gasteiger partial charge in [0, 0.05) is 50.9 Å². The summed E-state index contributed by atoms with van der Waals surface area (Å²) in [6, 6.07) is 18.8. The van der Waals surface area contributed by atoms with E-state index in [9.17, 15) is 4.79 Å². The number of hydrogen-bond acceptors (Lipinski definition) is 5. The minimum absolute atomic E-state index is 0.0137. The Bertz CT molecular complexity index is 1220. The quantitative estimate of drug-likeness (QED) is 0.621. The molecule has 3 heterocycles. The van der Waals surface area contributed by atoms with Gasteiger partial charge < -0.3 is 19.9 Å². The maximum absolute atomic E-state index is 12.8. The van der Waals surface area contributed by atoms with Crippen LogP contribution in [0.15, 0.2) is 78.6 Å². The van der Waals surface area contributed by atoms with Gasteiger partial charge in [0.2, 0.25) is 5.91 Å². The molecule has 0 spiro atoms. The van der Waals surface area contributed by atoms with Gasteiger partial charge in [-0.05, 0) is 34.8 Å². The van der Waals surface area contributed by atoms with Gasteiger partial charge in [-0.2, -0.15) is 0 Å². The molecule has 0 aromatic heterocycles. The van der Waals surface area contributed by atoms with Crippen LogP contribution in [0, 0.1) is 5.41 Å². The van der Waals surface area contributed by atoms with E-state index in [1.165, 1.54) is 16.8 Å². The molecule has 37 heavy (non-hydrogen) atoms. The molecule has 3 aliphatic heterocycles. The van der Waals surface area contributed by atoms with Crippen LogP contribution < -0.4 is 10.1 Å². The second kappa shape index (κ2) is 10.5. The molecule has 0 aliphatic carbocycles. The van der Waals surface area contributed by atoms with Crippen LogP contribution >= 0.6 is 0 Å². The Labute approximate surface area is 220 Å². The predicted octanol–water partition coefficient (Wildman–Crippen LogP) is 4.79. The van der Waals surface area contributed by atoms with Gasteiger partial charge in [0.05, 0.1) is 18.5 Å². The molecular weight excluding hydrogens is 460 g/mol. The monoisotopic (exact) mass is 498 g/mol. The molecule has 5 rings (SSSR count). The number of hydrogen-bond donors (Lipinski definition) is 1. The molecule has 6 heteroatoms. The highest BCUT2D eigenvalue weighted by Crippen LogP contribution is 2.35. The summed E-state index contributed by atoms with van der Waals surface area (Å²) in [7, 11) is 1.71. The number of nitrogens with one attached hydrogen (secondary N) is 1. The number of methoxy groups -OCH3 is 1. The molecule has 194 valence electrons. The number of carbonyl (C=O) groups excluding carboxylic acids is 1. The zero-order valence-electron chi connectivity index (χ0n) is 22.4. The minimum Gasteiger partial charge on any atom is -0.497 e. The van der Waals surface area contributed by atoms with E-state index in [0.717, 1.165) is 49.7 Å². The molecule has 1 N–H and O–H groups in total. The van der Waals surface area contributed by atoms with Crippen molar-refractivity contribution in [2.45, 2.75) is 33.4 Å². The van der Waals surface area contributed by atoms with Gasteiger partial charge >= 0.3 is 0 Å². The summed E-state index contributed by atoms with van der Waals surface area (Å²) in [5, 5.41) is 3.75. The standard InChI is InChI=1S/C31H38N4O2/c1-31(2,3)20-29(36)34-17-15-33(16-18-34)22-27-30(24-11-8-12-26(19-24)37-4)32-28-14-13-25(21-35(27)28)23-9-6-5-7-10-23/h5-14,19,21,28,32H,15-18,20,22H2,1-4H3. The Morgan fingerprint density at radius 1 is 1.00 bits per heavy atom. The van der Waals surface area contributed by atoms with Crippen molar-refractivity contribution in [1.29, 1.82) is 0 Å². The Balaban J connectivity index is 1.40. The molecule has 0 bridgehead atoms. The van der Waals surface area contributed by atoms with Crippen LogP contribution in [0.4, 0.5) is 0 Å². The average Bonchev–Trinajstić information content (AvgIpc) is 3.26. The number of carbonyl (C=O) groups is 1. The van der Waals surface area contributed by atoms with Crippen molar-refractivity contribution >= 4 is 17.2 Å². The fraction of sp³-hybridized carbons (Fsp3) is 0.387. The Morgan fingerprint density at radius 2 is 1.73 bits per heavy atom. The molecule has 2 aromatic carbocycles. The molecule has 0 saturated carbocycles. The Hall–Kier alpha value is -3.51. The second-order valence-corrected chi connectivity index (χ2v) is 11.3. The summed E-state index contributed by atoms with van der Waals surface area (Å²) in [5.74, 6) is 1.11. The maximum atomic E-state index is 12.8. The van der Waals surface area contributed by atoms with E-state index < -0.39 is 0 Å². The first-order valence-corrected chi connectivity index (χ1v) is 13.2. The van der Waals surface area contributed by atoms with Crippen LogP contribution in [0.25, 0.3) is 11.3 Å². The van der Waals surface area contributed by atoms with Gasteiger partial charge in [-0.1, -0.05) is 69.3 Å². The van der Waals surface area contributed by atoms with Crippen LogP contribution in [0.1, 0.15) is 38.3 Å². The summed E-state index contributed by atoms with van der Waals surface area (Å²) in [4.78, 5) is 19.6. The summed E-state index contributed by atoms with van der Waals surface area (Å²) >= 11 is 0. The van der Waals surface area contributed by atoms with E-state index in [0.29, 0.717) is 6.42 Å². The Morgan fingerprint density at radius 3 is 2.43 bits per heavy atom. The second-order valence-electron chi connectivity index (χ2n) is 11.3. The minimum atomic E-state index is 0.0137. The predicted molar refractivity (Wildman–Crippen MR) is 149 cm³/mol. The van der Waals surface area contributed by atoms with E-state index >= 15 is 0 Å². The first-order valence-electron chi connectivity index (χ1n) is 13.2. The molecule has 1 atom stereocenters. The summed E-state index contributed by atoms with van der Waals surface area (Å²) < 4.78 is 5.52. The molecule has 2 aromatic rings. The molecule has 1 amide bonds. The molecule has 1 saturated heterocycles. The zero-order chi connectivity index (χ0) is 26.0. The lowest BCUT2D eigenvalue weighted by Crippen LogP contribution is -2.50. The van der Waals surface area contributed by atoms with Gasteiger partial charge in [0.1, 0.15) is 11.9 Å². The third-order valence-corrected chi connectivity index (χ3v) is 7.17. The maximum Gasteiger partial charge on any atom is 0.223 e. The number of benzene rings is 2. The average molecular weight is 499 g/mol. The lowest BCUT2D eigenvalue weighted by molar-refractivity contribution is -0.134. The number of amides is 1. The number of allylic oxidation sites excluding steroid dienone is 2. The number of fused-ring (bicyclic) bond motifs is 1. The first kappa shape index (κ1) is 25.2. The van der Waals surface area contributed by atoms with Gasteiger partial charge in [-0.15, -0.1) is 0 Å². The lowest BCUT2D eigenvalue weighted by Gasteiger charge is -2.37. The highest BCUT2D eigenvalue weighted by Gasteiger charge is 2.33. The highest BCUT2D eigenvalue weighted by atomic mass is 16.5. The van der Waals surface area contributed by atoms with Crippen LogP contribution in [0.2, 0.25) is 0 Å². The van der Waals surface area contributed by atoms with E-state index in [4.69, 9.17) is 4.74 Å². The number of nitrogens with zero attached hydrogens (tertiary/aromatic N) is 3. The third kappa shape index (κ3) is 5.75. The zero-order valence-corrected chi connectivity index (χ0v) is 22.4. The normalized spacial score (nSPS) is 20.0. The van der Waals surface area contributed by atoms with E-state index in [2.05, 4.69) is 96.7 Å². The first-order chi connectivity index (χ1) is 17.8. The molecule has 1 fully saturated rings. The summed E-state index contributed by atoms with van der Waals surface area (Å²) in [6.07, 6.45) is 7.36. The van der Waals surface area contributed by atoms with Crippen molar-refractivity contribution in [3.8, 4) is 5.75 Å². The largest absolute Gasteiger partial charge is 0.497 e. The van der Waals surface area contributed by atoms with Crippen molar-refractivity contribution < 1.29 is 9.53 Å². The SMILES string of the molecule is COc1cccc(C2=C(CN3CCN(C(=O)CC(C)(C)C)CC3)N3C=C(c4ccccc4)C=CC3N2)c1. The van der Waals surface area contributed by atoms with Crippen LogP contribution in [-0.2, 0) is 4.79 Å². The summed E-state index contributed by atoms with van der Waals surface area (Å²) in [5.41, 5.74) is 5.90. The molecule has 0 radical (unpaired) electrons. The van der Waals surface area contributed by atoms with Crippen molar-refractivity contribution in [3.63, 3.8) is 0 Å². The van der Waals surface area contributed by atoms with Gasteiger partial charge in [-0.3, -0.25) is 9.69 Å². The lowest BCUT2D eigenvalue weighted by atomic mass is 9.91. The van der Waals surface area contributed by atoms with Crippen molar-refractivity contribution in [2.24, 2.45) is 5.41 Å².